The molecule has 2 fully saturated rings. The predicted octanol–water partition coefficient (Wildman–Crippen LogP) is 5.96. The Kier molecular flexibility index (Phi) is 8.17. The van der Waals surface area contributed by atoms with E-state index in [4.69, 9.17) is 4.98 Å². The van der Waals surface area contributed by atoms with Gasteiger partial charge in [0.1, 0.15) is 5.82 Å². The molecule has 198 valence electrons. The first-order valence-electron chi connectivity index (χ1n) is 13.6. The summed E-state index contributed by atoms with van der Waals surface area (Å²) >= 11 is 3.41. The van der Waals surface area contributed by atoms with Crippen LogP contribution in [-0.2, 0) is 12.8 Å². The molecule has 1 aromatic carbocycles. The molecule has 0 saturated carbocycles. The lowest BCUT2D eigenvalue weighted by atomic mass is 9.71. The van der Waals surface area contributed by atoms with Crippen molar-refractivity contribution >= 4 is 39.2 Å². The summed E-state index contributed by atoms with van der Waals surface area (Å²) < 4.78 is 1.12. The van der Waals surface area contributed by atoms with E-state index in [2.05, 4.69) is 46.6 Å². The SMILES string of the molecule is CSc1cnc(CC[C@H](C)CCc2nc3ccc(C(=O)N4CCC5(CC4)CN(C(C)C)C5)cc3s2)nc1. The van der Waals surface area contributed by atoms with Crippen LogP contribution in [0.5, 0.6) is 0 Å². The molecule has 37 heavy (non-hydrogen) atoms. The van der Waals surface area contributed by atoms with E-state index in [-0.39, 0.29) is 5.91 Å². The van der Waals surface area contributed by atoms with Crippen LogP contribution in [0.15, 0.2) is 35.5 Å². The van der Waals surface area contributed by atoms with E-state index < -0.39 is 0 Å². The van der Waals surface area contributed by atoms with Crippen molar-refractivity contribution in [2.24, 2.45) is 11.3 Å². The van der Waals surface area contributed by atoms with E-state index >= 15 is 0 Å². The second-order valence-electron chi connectivity index (χ2n) is 11.3. The van der Waals surface area contributed by atoms with E-state index in [9.17, 15) is 4.79 Å². The molecule has 0 aliphatic carbocycles. The molecule has 2 aliphatic heterocycles. The Morgan fingerprint density at radius 2 is 1.78 bits per heavy atom. The van der Waals surface area contributed by atoms with Gasteiger partial charge in [-0.15, -0.1) is 23.1 Å². The number of carbonyl (C=O) groups excluding carboxylic acids is 1. The van der Waals surface area contributed by atoms with Gasteiger partial charge in [0.15, 0.2) is 0 Å². The predicted molar refractivity (Wildman–Crippen MR) is 154 cm³/mol. The Bertz CT molecular complexity index is 1210. The fourth-order valence-corrected chi connectivity index (χ4v) is 6.88. The van der Waals surface area contributed by atoms with Gasteiger partial charge in [0.2, 0.25) is 0 Å². The first-order valence-corrected chi connectivity index (χ1v) is 15.7. The Morgan fingerprint density at radius 1 is 1.08 bits per heavy atom. The molecule has 0 bridgehead atoms. The maximum Gasteiger partial charge on any atom is 0.253 e. The summed E-state index contributed by atoms with van der Waals surface area (Å²) in [6.45, 7) is 11.0. The summed E-state index contributed by atoms with van der Waals surface area (Å²) in [6, 6.07) is 6.68. The lowest BCUT2D eigenvalue weighted by molar-refractivity contribution is -0.0578. The van der Waals surface area contributed by atoms with Crippen LogP contribution in [0.3, 0.4) is 0 Å². The number of hydrogen-bond donors (Lipinski definition) is 0. The molecule has 5 rings (SSSR count). The Balaban J connectivity index is 1.12. The van der Waals surface area contributed by atoms with Crippen molar-refractivity contribution in [3.8, 4) is 0 Å². The molecule has 1 atom stereocenters. The first-order chi connectivity index (χ1) is 17.8. The zero-order valence-corrected chi connectivity index (χ0v) is 24.2. The summed E-state index contributed by atoms with van der Waals surface area (Å²) in [6.07, 6.45) is 12.2. The van der Waals surface area contributed by atoms with Gasteiger partial charge in [-0.25, -0.2) is 15.0 Å². The Labute approximate surface area is 229 Å². The van der Waals surface area contributed by atoms with Crippen molar-refractivity contribution in [2.45, 2.75) is 70.2 Å². The number of piperidine rings is 1. The van der Waals surface area contributed by atoms with Gasteiger partial charge in [-0.1, -0.05) is 6.92 Å². The van der Waals surface area contributed by atoms with E-state index in [1.54, 1.807) is 23.1 Å². The largest absolute Gasteiger partial charge is 0.339 e. The molecule has 2 saturated heterocycles. The van der Waals surface area contributed by atoms with Gasteiger partial charge >= 0.3 is 0 Å². The molecule has 4 heterocycles. The topological polar surface area (TPSA) is 62.2 Å². The summed E-state index contributed by atoms with van der Waals surface area (Å²) in [5, 5.41) is 1.16. The van der Waals surface area contributed by atoms with Gasteiger partial charge in [0, 0.05) is 61.5 Å². The number of rotatable bonds is 9. The lowest BCUT2D eigenvalue weighted by Gasteiger charge is -2.55. The second kappa shape index (κ2) is 11.4. The maximum absolute atomic E-state index is 13.3. The van der Waals surface area contributed by atoms with Crippen LogP contribution >= 0.6 is 23.1 Å². The zero-order valence-electron chi connectivity index (χ0n) is 22.6. The van der Waals surface area contributed by atoms with E-state index in [0.717, 1.165) is 83.1 Å². The van der Waals surface area contributed by atoms with Crippen LogP contribution < -0.4 is 0 Å². The minimum absolute atomic E-state index is 0.174. The molecule has 3 aromatic rings. The van der Waals surface area contributed by atoms with Crippen molar-refractivity contribution < 1.29 is 4.79 Å². The van der Waals surface area contributed by atoms with Gasteiger partial charge in [-0.05, 0) is 81.7 Å². The molecule has 2 aromatic heterocycles. The highest BCUT2D eigenvalue weighted by Gasteiger charge is 2.45. The number of thiazole rings is 1. The van der Waals surface area contributed by atoms with E-state index in [1.165, 1.54) is 13.1 Å². The zero-order chi connectivity index (χ0) is 26.0. The fraction of sp³-hybridized carbons (Fsp3) is 0.586. The maximum atomic E-state index is 13.3. The number of benzene rings is 1. The number of thioether (sulfide) groups is 1. The van der Waals surface area contributed by atoms with Gasteiger partial charge in [-0.2, -0.15) is 0 Å². The third kappa shape index (κ3) is 6.18. The minimum atomic E-state index is 0.174. The number of nitrogens with zero attached hydrogens (tertiary/aromatic N) is 5. The van der Waals surface area contributed by atoms with Crippen LogP contribution in [0, 0.1) is 11.3 Å². The second-order valence-corrected chi connectivity index (χ2v) is 13.3. The Morgan fingerprint density at radius 3 is 2.46 bits per heavy atom. The van der Waals surface area contributed by atoms with Gasteiger partial charge in [-0.3, -0.25) is 9.69 Å². The standard InChI is InChI=1S/C29H39N5OS2/c1-20(2)34-18-29(19-34)11-13-33(14-12-29)28(35)22-7-8-24-25(15-22)37-27(32-24)10-6-21(3)5-9-26-30-16-23(36-4)17-31-26/h7-8,15-17,20-21H,5-6,9-14,18-19H2,1-4H3/t21-/m0/s1. The number of fused-ring (bicyclic) bond motifs is 1. The molecular weight excluding hydrogens is 498 g/mol. The quantitative estimate of drug-likeness (QED) is 0.314. The van der Waals surface area contributed by atoms with Gasteiger partial charge in [0.25, 0.3) is 5.91 Å². The van der Waals surface area contributed by atoms with Crippen LogP contribution in [-0.4, -0.2) is 69.1 Å². The third-order valence-electron chi connectivity index (χ3n) is 8.23. The van der Waals surface area contributed by atoms with Crippen molar-refractivity contribution in [3.63, 3.8) is 0 Å². The molecule has 1 amide bonds. The number of carbonyl (C=O) groups is 1. The average Bonchev–Trinajstić information content (AvgIpc) is 3.31. The number of hydrogen-bond acceptors (Lipinski definition) is 7. The third-order valence-corrected chi connectivity index (χ3v) is 9.99. The fourth-order valence-electron chi connectivity index (χ4n) is 5.54. The summed E-state index contributed by atoms with van der Waals surface area (Å²) in [7, 11) is 0. The Hall–Kier alpha value is -2.03. The normalized spacial score (nSPS) is 18.5. The van der Waals surface area contributed by atoms with E-state index in [1.807, 2.05) is 30.8 Å². The highest BCUT2D eigenvalue weighted by Crippen LogP contribution is 2.41. The number of aryl methyl sites for hydroxylation is 2. The van der Waals surface area contributed by atoms with Crippen molar-refractivity contribution in [2.75, 3.05) is 32.4 Å². The molecule has 0 unspecified atom stereocenters. The highest BCUT2D eigenvalue weighted by atomic mass is 32.2. The molecule has 1 spiro atoms. The van der Waals surface area contributed by atoms with Crippen molar-refractivity contribution in [1.82, 2.24) is 24.8 Å². The summed E-state index contributed by atoms with van der Waals surface area (Å²) in [4.78, 5) is 32.8. The van der Waals surface area contributed by atoms with Gasteiger partial charge < -0.3 is 4.90 Å². The lowest BCUT2D eigenvalue weighted by Crippen LogP contribution is -2.62. The number of likely N-dealkylation sites (tertiary alicyclic amines) is 2. The van der Waals surface area contributed by atoms with Crippen LogP contribution in [0.4, 0.5) is 0 Å². The number of amides is 1. The number of aromatic nitrogens is 3. The molecule has 0 radical (unpaired) electrons. The smallest absolute Gasteiger partial charge is 0.253 e. The average molecular weight is 538 g/mol. The van der Waals surface area contributed by atoms with Crippen molar-refractivity contribution in [1.29, 1.82) is 0 Å². The molecule has 6 nitrogen and oxygen atoms in total. The van der Waals surface area contributed by atoms with Crippen LogP contribution in [0.2, 0.25) is 0 Å². The first kappa shape index (κ1) is 26.6. The van der Waals surface area contributed by atoms with Crippen LogP contribution in [0.1, 0.15) is 67.6 Å². The van der Waals surface area contributed by atoms with E-state index in [0.29, 0.717) is 17.4 Å². The molecule has 8 heteroatoms. The highest BCUT2D eigenvalue weighted by molar-refractivity contribution is 7.98. The minimum Gasteiger partial charge on any atom is -0.339 e. The monoisotopic (exact) mass is 537 g/mol. The summed E-state index contributed by atoms with van der Waals surface area (Å²) in [5.74, 6) is 1.68. The summed E-state index contributed by atoms with van der Waals surface area (Å²) in [5.41, 5.74) is 2.25. The molecular formula is C29H39N5OS2. The van der Waals surface area contributed by atoms with Crippen LogP contribution in [0.25, 0.3) is 10.2 Å². The van der Waals surface area contributed by atoms with Crippen molar-refractivity contribution in [3.05, 3.63) is 47.0 Å². The molecule has 0 N–H and O–H groups in total. The molecule has 2 aliphatic rings. The van der Waals surface area contributed by atoms with Gasteiger partial charge in [0.05, 0.1) is 15.2 Å².